The van der Waals surface area contributed by atoms with E-state index in [4.69, 9.17) is 4.74 Å². The number of hydrogen-bond acceptors (Lipinski definition) is 3. The summed E-state index contributed by atoms with van der Waals surface area (Å²) in [6, 6.07) is 8.64. The highest BCUT2D eigenvalue weighted by molar-refractivity contribution is 5.77. The van der Waals surface area contributed by atoms with E-state index in [1.165, 1.54) is 24.0 Å². The molecule has 2 rings (SSSR count). The van der Waals surface area contributed by atoms with E-state index < -0.39 is 0 Å². The Kier molecular flexibility index (Phi) is 5.36. The average molecular weight is 262 g/mol. The minimum absolute atomic E-state index is 0.00963. The first-order valence-electron chi connectivity index (χ1n) is 6.85. The standard InChI is InChI=1S/C15H22N2O2/c1-19-8-7-17-15(18)11-16-10-12-3-2-4-14(9-12)13-5-6-13/h2-4,9,13,16H,5-8,10-11H2,1H3,(H,17,18). The molecule has 1 aromatic carbocycles. The summed E-state index contributed by atoms with van der Waals surface area (Å²) in [5.74, 6) is 0.785. The van der Waals surface area contributed by atoms with Crippen LogP contribution in [0.5, 0.6) is 0 Å². The molecular formula is C15H22N2O2. The Bertz CT molecular complexity index is 416. The molecule has 0 aromatic heterocycles. The van der Waals surface area contributed by atoms with Crippen LogP contribution >= 0.6 is 0 Å². The molecule has 0 unspecified atom stereocenters. The number of methoxy groups -OCH3 is 1. The Hall–Kier alpha value is -1.39. The zero-order chi connectivity index (χ0) is 13.5. The van der Waals surface area contributed by atoms with Crippen LogP contribution in [-0.2, 0) is 16.1 Å². The zero-order valence-electron chi connectivity index (χ0n) is 11.4. The Morgan fingerprint density at radius 3 is 3.00 bits per heavy atom. The van der Waals surface area contributed by atoms with Crippen LogP contribution in [0.3, 0.4) is 0 Å². The molecule has 0 radical (unpaired) electrons. The third-order valence-corrected chi connectivity index (χ3v) is 3.24. The molecule has 0 aliphatic heterocycles. The summed E-state index contributed by atoms with van der Waals surface area (Å²) in [4.78, 5) is 11.5. The second-order valence-corrected chi connectivity index (χ2v) is 4.97. The number of carbonyl (C=O) groups is 1. The van der Waals surface area contributed by atoms with Gasteiger partial charge in [0.1, 0.15) is 0 Å². The van der Waals surface area contributed by atoms with Gasteiger partial charge < -0.3 is 15.4 Å². The molecule has 0 saturated heterocycles. The summed E-state index contributed by atoms with van der Waals surface area (Å²) >= 11 is 0. The molecular weight excluding hydrogens is 240 g/mol. The molecule has 4 nitrogen and oxygen atoms in total. The first-order chi connectivity index (χ1) is 9.29. The maximum Gasteiger partial charge on any atom is 0.234 e. The lowest BCUT2D eigenvalue weighted by Gasteiger charge is -2.07. The molecule has 1 aliphatic carbocycles. The van der Waals surface area contributed by atoms with Gasteiger partial charge >= 0.3 is 0 Å². The van der Waals surface area contributed by atoms with Crippen LogP contribution in [0, 0.1) is 0 Å². The van der Waals surface area contributed by atoms with Crippen LogP contribution in [0.2, 0.25) is 0 Å². The van der Waals surface area contributed by atoms with Gasteiger partial charge in [0.2, 0.25) is 5.91 Å². The largest absolute Gasteiger partial charge is 0.383 e. The van der Waals surface area contributed by atoms with Crippen molar-refractivity contribution >= 4 is 5.91 Å². The van der Waals surface area contributed by atoms with Crippen molar-refractivity contribution in [3.63, 3.8) is 0 Å². The molecule has 0 heterocycles. The molecule has 0 atom stereocenters. The summed E-state index contributed by atoms with van der Waals surface area (Å²) in [6.45, 7) is 2.19. The molecule has 1 aliphatic rings. The number of carbonyl (C=O) groups excluding carboxylic acids is 1. The number of amides is 1. The maximum atomic E-state index is 11.5. The molecule has 1 amide bonds. The van der Waals surface area contributed by atoms with Gasteiger partial charge in [-0.1, -0.05) is 24.3 Å². The fourth-order valence-corrected chi connectivity index (χ4v) is 2.05. The molecule has 0 bridgehead atoms. The Balaban J connectivity index is 1.67. The van der Waals surface area contributed by atoms with Crippen LogP contribution in [0.1, 0.15) is 29.9 Å². The highest BCUT2D eigenvalue weighted by atomic mass is 16.5. The molecule has 104 valence electrons. The van der Waals surface area contributed by atoms with Crippen molar-refractivity contribution in [3.8, 4) is 0 Å². The Morgan fingerprint density at radius 2 is 2.26 bits per heavy atom. The van der Waals surface area contributed by atoms with Gasteiger partial charge in [-0.2, -0.15) is 0 Å². The van der Waals surface area contributed by atoms with Gasteiger partial charge in [-0.05, 0) is 29.9 Å². The third kappa shape index (κ3) is 5.01. The quantitative estimate of drug-likeness (QED) is 0.697. The second kappa shape index (κ2) is 7.26. The van der Waals surface area contributed by atoms with Crippen LogP contribution in [-0.4, -0.2) is 32.7 Å². The van der Waals surface area contributed by atoms with Crippen LogP contribution in [0.15, 0.2) is 24.3 Å². The lowest BCUT2D eigenvalue weighted by molar-refractivity contribution is -0.120. The fraction of sp³-hybridized carbons (Fsp3) is 0.533. The van der Waals surface area contributed by atoms with Crippen molar-refractivity contribution < 1.29 is 9.53 Å². The summed E-state index contributed by atoms with van der Waals surface area (Å²) in [7, 11) is 1.62. The smallest absolute Gasteiger partial charge is 0.234 e. The van der Waals surface area contributed by atoms with E-state index in [9.17, 15) is 4.79 Å². The molecule has 2 N–H and O–H groups in total. The summed E-state index contributed by atoms with van der Waals surface area (Å²) in [6.07, 6.45) is 2.64. The minimum Gasteiger partial charge on any atom is -0.383 e. The first kappa shape index (κ1) is 14.0. The molecule has 1 fully saturated rings. The zero-order valence-corrected chi connectivity index (χ0v) is 11.4. The molecule has 1 aromatic rings. The summed E-state index contributed by atoms with van der Waals surface area (Å²) < 4.78 is 4.87. The highest BCUT2D eigenvalue weighted by Gasteiger charge is 2.23. The van der Waals surface area contributed by atoms with Crippen molar-refractivity contribution in [2.24, 2.45) is 0 Å². The van der Waals surface area contributed by atoms with E-state index in [0.717, 1.165) is 12.5 Å². The molecule has 0 spiro atoms. The van der Waals surface area contributed by atoms with Crippen LogP contribution in [0.4, 0.5) is 0 Å². The van der Waals surface area contributed by atoms with Crippen molar-refractivity contribution in [2.75, 3.05) is 26.8 Å². The van der Waals surface area contributed by atoms with Crippen molar-refractivity contribution in [2.45, 2.75) is 25.3 Å². The number of benzene rings is 1. The number of hydrogen-bond donors (Lipinski definition) is 2. The third-order valence-electron chi connectivity index (χ3n) is 3.24. The van der Waals surface area contributed by atoms with Gasteiger partial charge in [0.15, 0.2) is 0 Å². The van der Waals surface area contributed by atoms with E-state index in [1.807, 2.05) is 0 Å². The summed E-state index contributed by atoms with van der Waals surface area (Å²) in [5, 5.41) is 5.95. The van der Waals surface area contributed by atoms with Crippen LogP contribution in [0.25, 0.3) is 0 Å². The lowest BCUT2D eigenvalue weighted by Crippen LogP contribution is -2.35. The predicted molar refractivity (Wildman–Crippen MR) is 75.0 cm³/mol. The van der Waals surface area contributed by atoms with Gasteiger partial charge in [-0.25, -0.2) is 0 Å². The molecule has 19 heavy (non-hydrogen) atoms. The predicted octanol–water partition coefficient (Wildman–Crippen LogP) is 1.42. The van der Waals surface area contributed by atoms with Gasteiger partial charge in [-0.15, -0.1) is 0 Å². The average Bonchev–Trinajstić information content (AvgIpc) is 3.24. The Labute approximate surface area is 114 Å². The maximum absolute atomic E-state index is 11.5. The first-order valence-corrected chi connectivity index (χ1v) is 6.85. The minimum atomic E-state index is 0.00963. The SMILES string of the molecule is COCCNC(=O)CNCc1cccc(C2CC2)c1. The second-order valence-electron chi connectivity index (χ2n) is 4.97. The topological polar surface area (TPSA) is 50.4 Å². The highest BCUT2D eigenvalue weighted by Crippen LogP contribution is 2.40. The van der Waals surface area contributed by atoms with E-state index in [0.29, 0.717) is 19.7 Å². The normalized spacial score (nSPS) is 14.4. The van der Waals surface area contributed by atoms with Crippen molar-refractivity contribution in [3.05, 3.63) is 35.4 Å². The lowest BCUT2D eigenvalue weighted by atomic mass is 10.1. The van der Waals surface area contributed by atoms with Crippen molar-refractivity contribution in [1.82, 2.24) is 10.6 Å². The summed E-state index contributed by atoms with van der Waals surface area (Å²) in [5.41, 5.74) is 2.68. The number of nitrogens with one attached hydrogen (secondary N) is 2. The monoisotopic (exact) mass is 262 g/mol. The number of ether oxygens (including phenoxy) is 1. The van der Waals surface area contributed by atoms with Crippen molar-refractivity contribution in [1.29, 1.82) is 0 Å². The Morgan fingerprint density at radius 1 is 1.42 bits per heavy atom. The molecule has 1 saturated carbocycles. The van der Waals surface area contributed by atoms with Crippen LogP contribution < -0.4 is 10.6 Å². The molecule has 4 heteroatoms. The fourth-order valence-electron chi connectivity index (χ4n) is 2.05. The van der Waals surface area contributed by atoms with E-state index in [2.05, 4.69) is 34.9 Å². The number of rotatable bonds is 8. The van der Waals surface area contributed by atoms with E-state index in [-0.39, 0.29) is 5.91 Å². The van der Waals surface area contributed by atoms with Gasteiger partial charge in [0, 0.05) is 20.2 Å². The van der Waals surface area contributed by atoms with E-state index in [1.54, 1.807) is 7.11 Å². The van der Waals surface area contributed by atoms with E-state index >= 15 is 0 Å². The van der Waals surface area contributed by atoms with Gasteiger partial charge in [0.05, 0.1) is 13.2 Å². The van der Waals surface area contributed by atoms with Gasteiger partial charge in [-0.3, -0.25) is 4.79 Å². The van der Waals surface area contributed by atoms with Gasteiger partial charge in [0.25, 0.3) is 0 Å².